The molecule has 0 saturated heterocycles. The van der Waals surface area contributed by atoms with Crippen LogP contribution >= 0.6 is 0 Å². The monoisotopic (exact) mass is 237 g/mol. The smallest absolute Gasteiger partial charge is 0.226 e. The topological polar surface area (TPSA) is 40.5 Å². The first kappa shape index (κ1) is 11.5. The van der Waals surface area contributed by atoms with E-state index in [4.69, 9.17) is 5.11 Å². The van der Waals surface area contributed by atoms with Gasteiger partial charge in [-0.05, 0) is 50.4 Å². The molecule has 0 spiro atoms. The molecule has 0 aromatic carbocycles. The van der Waals surface area contributed by atoms with Crippen molar-refractivity contribution < 1.29 is 9.90 Å². The minimum Gasteiger partial charge on any atom is -0.396 e. The fourth-order valence-corrected chi connectivity index (χ4v) is 3.79. The van der Waals surface area contributed by atoms with E-state index in [1.54, 1.807) is 0 Å². The molecule has 1 amide bonds. The Kier molecular flexibility index (Phi) is 3.12. The number of aliphatic hydroxyl groups is 1. The van der Waals surface area contributed by atoms with Crippen molar-refractivity contribution in [2.45, 2.75) is 51.0 Å². The number of hydrogen-bond donors (Lipinski definition) is 1. The molecular formula is C14H23NO2. The summed E-state index contributed by atoms with van der Waals surface area (Å²) in [6.45, 7) is 0.976. The van der Waals surface area contributed by atoms with Gasteiger partial charge in [0, 0.05) is 25.1 Å². The fraction of sp³-hybridized carbons (Fsp3) is 0.929. The Morgan fingerprint density at radius 3 is 2.29 bits per heavy atom. The van der Waals surface area contributed by atoms with Gasteiger partial charge in [0.2, 0.25) is 5.91 Å². The highest BCUT2D eigenvalue weighted by molar-refractivity contribution is 5.83. The van der Waals surface area contributed by atoms with E-state index in [9.17, 15) is 4.79 Å². The first-order valence-electron chi connectivity index (χ1n) is 7.24. The van der Waals surface area contributed by atoms with Gasteiger partial charge in [0.1, 0.15) is 0 Å². The summed E-state index contributed by atoms with van der Waals surface area (Å²) >= 11 is 0. The average molecular weight is 237 g/mol. The van der Waals surface area contributed by atoms with Gasteiger partial charge >= 0.3 is 0 Å². The lowest BCUT2D eigenvalue weighted by molar-refractivity contribution is -0.137. The van der Waals surface area contributed by atoms with Crippen LogP contribution in [0.5, 0.6) is 0 Å². The molecule has 0 aromatic rings. The largest absolute Gasteiger partial charge is 0.396 e. The fourth-order valence-electron chi connectivity index (χ4n) is 3.79. The van der Waals surface area contributed by atoms with E-state index in [2.05, 4.69) is 4.90 Å². The van der Waals surface area contributed by atoms with Gasteiger partial charge in [0.25, 0.3) is 0 Å². The van der Waals surface area contributed by atoms with E-state index in [1.165, 1.54) is 38.5 Å². The average Bonchev–Trinajstić information content (AvgIpc) is 2.74. The maximum Gasteiger partial charge on any atom is 0.226 e. The molecule has 1 N–H and O–H groups in total. The number of hydrogen-bond acceptors (Lipinski definition) is 2. The van der Waals surface area contributed by atoms with Gasteiger partial charge in [-0.25, -0.2) is 0 Å². The van der Waals surface area contributed by atoms with Gasteiger partial charge in [-0.1, -0.05) is 6.42 Å². The minimum absolute atomic E-state index is 0.202. The molecule has 3 heteroatoms. The zero-order valence-electron chi connectivity index (χ0n) is 10.5. The number of rotatable bonds is 5. The molecule has 3 rings (SSSR count). The molecule has 3 fully saturated rings. The summed E-state index contributed by atoms with van der Waals surface area (Å²) in [5, 5.41) is 8.95. The molecule has 0 aliphatic heterocycles. The van der Waals surface area contributed by atoms with E-state index in [0.29, 0.717) is 17.9 Å². The summed E-state index contributed by atoms with van der Waals surface area (Å²) < 4.78 is 0. The number of amides is 1. The summed E-state index contributed by atoms with van der Waals surface area (Å²) in [7, 11) is 0. The van der Waals surface area contributed by atoms with Crippen molar-refractivity contribution >= 4 is 5.91 Å². The summed E-state index contributed by atoms with van der Waals surface area (Å²) in [6, 6.07) is 0.496. The van der Waals surface area contributed by atoms with Crippen LogP contribution in [0.3, 0.4) is 0 Å². The lowest BCUT2D eigenvalue weighted by Gasteiger charge is -2.38. The molecule has 2 unspecified atom stereocenters. The number of carbonyl (C=O) groups excluding carboxylic acids is 1. The van der Waals surface area contributed by atoms with Crippen LogP contribution in [0.25, 0.3) is 0 Å². The predicted molar refractivity (Wildman–Crippen MR) is 65.4 cm³/mol. The van der Waals surface area contributed by atoms with Gasteiger partial charge < -0.3 is 10.0 Å². The number of aliphatic hydroxyl groups excluding tert-OH is 1. The molecular weight excluding hydrogens is 214 g/mol. The third-order valence-electron chi connectivity index (χ3n) is 5.05. The Morgan fingerprint density at radius 2 is 1.76 bits per heavy atom. The van der Waals surface area contributed by atoms with Crippen molar-refractivity contribution in [3.8, 4) is 0 Å². The second-order valence-electron chi connectivity index (χ2n) is 5.98. The van der Waals surface area contributed by atoms with Crippen LogP contribution in [0.15, 0.2) is 0 Å². The second-order valence-corrected chi connectivity index (χ2v) is 5.98. The van der Waals surface area contributed by atoms with Gasteiger partial charge in [-0.2, -0.15) is 0 Å². The molecule has 96 valence electrons. The van der Waals surface area contributed by atoms with Crippen LogP contribution in [0, 0.1) is 17.8 Å². The first-order chi connectivity index (χ1) is 8.33. The summed E-state index contributed by atoms with van der Waals surface area (Å²) in [5.74, 6) is 2.22. The minimum atomic E-state index is 0.202. The SMILES string of the molecule is O=C(C1C2CCCC21)N(CCCO)C1CCC1. The van der Waals surface area contributed by atoms with Gasteiger partial charge in [0.15, 0.2) is 0 Å². The van der Waals surface area contributed by atoms with Gasteiger partial charge in [-0.15, -0.1) is 0 Å². The van der Waals surface area contributed by atoms with Crippen LogP contribution < -0.4 is 0 Å². The molecule has 17 heavy (non-hydrogen) atoms. The highest BCUT2D eigenvalue weighted by atomic mass is 16.3. The Balaban J connectivity index is 1.60. The van der Waals surface area contributed by atoms with Gasteiger partial charge in [-0.3, -0.25) is 4.79 Å². The third-order valence-corrected chi connectivity index (χ3v) is 5.05. The number of fused-ring (bicyclic) bond motifs is 1. The molecule has 2 atom stereocenters. The molecule has 0 aromatic heterocycles. The first-order valence-corrected chi connectivity index (χ1v) is 7.24. The number of nitrogens with zero attached hydrogens (tertiary/aromatic N) is 1. The van der Waals surface area contributed by atoms with Crippen LogP contribution in [0.2, 0.25) is 0 Å². The van der Waals surface area contributed by atoms with Crippen molar-refractivity contribution in [3.63, 3.8) is 0 Å². The van der Waals surface area contributed by atoms with Crippen LogP contribution in [-0.4, -0.2) is 35.1 Å². The van der Waals surface area contributed by atoms with Gasteiger partial charge in [0.05, 0.1) is 0 Å². The van der Waals surface area contributed by atoms with E-state index >= 15 is 0 Å². The lowest BCUT2D eigenvalue weighted by atomic mass is 9.90. The standard InChI is InChI=1S/C14H23NO2/c16-9-3-8-15(10-4-1-5-10)14(17)13-11-6-2-7-12(11)13/h10-13,16H,1-9H2. The highest BCUT2D eigenvalue weighted by Gasteiger charge is 2.57. The normalized spacial score (nSPS) is 35.2. The van der Waals surface area contributed by atoms with Crippen molar-refractivity contribution in [2.24, 2.45) is 17.8 Å². The van der Waals surface area contributed by atoms with Crippen molar-refractivity contribution in [3.05, 3.63) is 0 Å². The number of carbonyl (C=O) groups is 1. The van der Waals surface area contributed by atoms with Crippen molar-refractivity contribution in [1.29, 1.82) is 0 Å². The molecule has 3 aliphatic carbocycles. The Labute approximate surface area is 103 Å². The molecule has 3 aliphatic rings. The molecule has 0 bridgehead atoms. The Hall–Kier alpha value is -0.570. The molecule has 3 nitrogen and oxygen atoms in total. The molecule has 0 heterocycles. The highest BCUT2D eigenvalue weighted by Crippen LogP contribution is 2.58. The predicted octanol–water partition coefficient (Wildman–Crippen LogP) is 1.80. The lowest BCUT2D eigenvalue weighted by Crippen LogP contribution is -2.46. The van der Waals surface area contributed by atoms with E-state index in [-0.39, 0.29) is 6.61 Å². The van der Waals surface area contributed by atoms with E-state index < -0.39 is 0 Å². The summed E-state index contributed by atoms with van der Waals surface area (Å²) in [6.07, 6.45) is 8.26. The Morgan fingerprint density at radius 1 is 1.12 bits per heavy atom. The maximum atomic E-state index is 12.5. The third kappa shape index (κ3) is 1.99. The second kappa shape index (κ2) is 4.60. The van der Waals surface area contributed by atoms with Crippen LogP contribution in [-0.2, 0) is 4.79 Å². The zero-order valence-corrected chi connectivity index (χ0v) is 10.5. The molecule has 0 radical (unpaired) electrons. The van der Waals surface area contributed by atoms with E-state index in [0.717, 1.165) is 24.8 Å². The van der Waals surface area contributed by atoms with Crippen LogP contribution in [0.1, 0.15) is 44.9 Å². The zero-order chi connectivity index (χ0) is 11.8. The maximum absolute atomic E-state index is 12.5. The Bertz CT molecular complexity index is 291. The quantitative estimate of drug-likeness (QED) is 0.792. The molecule has 3 saturated carbocycles. The van der Waals surface area contributed by atoms with E-state index in [1.807, 2.05) is 0 Å². The summed E-state index contributed by atoms with van der Waals surface area (Å²) in [4.78, 5) is 14.6. The summed E-state index contributed by atoms with van der Waals surface area (Å²) in [5.41, 5.74) is 0. The van der Waals surface area contributed by atoms with Crippen LogP contribution in [0.4, 0.5) is 0 Å². The van der Waals surface area contributed by atoms with Crippen molar-refractivity contribution in [1.82, 2.24) is 4.90 Å². The van der Waals surface area contributed by atoms with Crippen molar-refractivity contribution in [2.75, 3.05) is 13.2 Å².